The highest BCUT2D eigenvalue weighted by Gasteiger charge is 2.17. The Morgan fingerprint density at radius 3 is 2.72 bits per heavy atom. The molecule has 3 N–H and O–H groups in total. The summed E-state index contributed by atoms with van der Waals surface area (Å²) in [5.74, 6) is 0.382. The average molecular weight is 429 g/mol. The molecule has 0 unspecified atom stereocenters. The third kappa shape index (κ3) is 3.71. The van der Waals surface area contributed by atoms with Gasteiger partial charge in [-0.2, -0.15) is 5.10 Å². The van der Waals surface area contributed by atoms with Gasteiger partial charge in [0.05, 0.1) is 33.5 Å². The quantitative estimate of drug-likeness (QED) is 0.359. The molecule has 2 heterocycles. The fourth-order valence-corrected chi connectivity index (χ4v) is 3.92. The van der Waals surface area contributed by atoms with Crippen molar-refractivity contribution in [3.8, 4) is 17.1 Å². The number of aliphatic hydroxyl groups is 1. The van der Waals surface area contributed by atoms with Crippen molar-refractivity contribution in [2.45, 2.75) is 26.4 Å². The van der Waals surface area contributed by atoms with E-state index < -0.39 is 5.60 Å². The Bertz CT molecular complexity index is 1440. The lowest BCUT2D eigenvalue weighted by atomic mass is 10.1. The fourth-order valence-electron chi connectivity index (χ4n) is 3.92. The van der Waals surface area contributed by atoms with Crippen LogP contribution in [-0.4, -0.2) is 37.0 Å². The molecule has 3 aromatic carbocycles. The number of anilines is 1. The summed E-state index contributed by atoms with van der Waals surface area (Å²) in [6.45, 7) is 5.94. The molecule has 0 aliphatic heterocycles. The summed E-state index contributed by atoms with van der Waals surface area (Å²) in [7, 11) is 0. The standard InChI is InChI=1S/C25H24FN5O/c1-15-23-19(24-28-20-11-10-16(26)12-21(20)29-24)8-5-9-22(23)31(30-15)18-7-4-6-17(13-18)27-14-25(2,3)32/h4-13,27,32H,14H2,1-3H3,(H,28,29). The maximum absolute atomic E-state index is 13.6. The Labute approximate surface area is 184 Å². The van der Waals surface area contributed by atoms with Crippen LogP contribution in [0.15, 0.2) is 60.7 Å². The maximum Gasteiger partial charge on any atom is 0.139 e. The predicted octanol–water partition coefficient (Wildman–Crippen LogP) is 5.20. The van der Waals surface area contributed by atoms with Gasteiger partial charge in [0.15, 0.2) is 0 Å². The molecule has 0 atom stereocenters. The molecule has 0 spiro atoms. The van der Waals surface area contributed by atoms with Crippen molar-refractivity contribution in [1.82, 2.24) is 19.7 Å². The number of aromatic nitrogens is 4. The highest BCUT2D eigenvalue weighted by atomic mass is 19.1. The molecule has 0 radical (unpaired) electrons. The van der Waals surface area contributed by atoms with Crippen LogP contribution in [0.1, 0.15) is 19.5 Å². The Hall–Kier alpha value is -3.71. The van der Waals surface area contributed by atoms with Crippen molar-refractivity contribution in [2.75, 3.05) is 11.9 Å². The first-order valence-corrected chi connectivity index (χ1v) is 10.5. The van der Waals surface area contributed by atoms with Crippen molar-refractivity contribution in [1.29, 1.82) is 0 Å². The minimum atomic E-state index is -0.810. The molecule has 7 heteroatoms. The number of rotatable bonds is 5. The largest absolute Gasteiger partial charge is 0.389 e. The first-order valence-electron chi connectivity index (χ1n) is 10.5. The zero-order valence-electron chi connectivity index (χ0n) is 18.1. The van der Waals surface area contributed by atoms with Crippen LogP contribution in [-0.2, 0) is 0 Å². The number of aromatic amines is 1. The van der Waals surface area contributed by atoms with Gasteiger partial charge in [0.2, 0.25) is 0 Å². The number of H-pyrrole nitrogens is 1. The minimum absolute atomic E-state index is 0.298. The van der Waals surface area contributed by atoms with Crippen molar-refractivity contribution >= 4 is 27.6 Å². The van der Waals surface area contributed by atoms with E-state index in [4.69, 9.17) is 5.10 Å². The van der Waals surface area contributed by atoms with Gasteiger partial charge in [0.25, 0.3) is 0 Å². The van der Waals surface area contributed by atoms with E-state index in [0.717, 1.165) is 33.5 Å². The van der Waals surface area contributed by atoms with Crippen molar-refractivity contribution < 1.29 is 9.50 Å². The van der Waals surface area contributed by atoms with Gasteiger partial charge in [-0.1, -0.05) is 18.2 Å². The summed E-state index contributed by atoms with van der Waals surface area (Å²) >= 11 is 0. The van der Waals surface area contributed by atoms with Crippen LogP contribution in [0.25, 0.3) is 39.0 Å². The molecular formula is C25H24FN5O. The third-order valence-electron chi connectivity index (χ3n) is 5.40. The molecule has 5 aromatic rings. The molecule has 32 heavy (non-hydrogen) atoms. The molecule has 0 saturated heterocycles. The van der Waals surface area contributed by atoms with E-state index in [1.807, 2.05) is 54.1 Å². The smallest absolute Gasteiger partial charge is 0.139 e. The van der Waals surface area contributed by atoms with Gasteiger partial charge in [-0.25, -0.2) is 14.1 Å². The lowest BCUT2D eigenvalue weighted by Gasteiger charge is -2.19. The minimum Gasteiger partial charge on any atom is -0.389 e. The fraction of sp³-hybridized carbons (Fsp3) is 0.200. The third-order valence-corrected chi connectivity index (χ3v) is 5.40. The van der Waals surface area contributed by atoms with Crippen LogP contribution < -0.4 is 5.32 Å². The number of fused-ring (bicyclic) bond motifs is 2. The van der Waals surface area contributed by atoms with E-state index in [1.165, 1.54) is 12.1 Å². The van der Waals surface area contributed by atoms with Gasteiger partial charge in [-0.3, -0.25) is 0 Å². The Morgan fingerprint density at radius 1 is 1.09 bits per heavy atom. The average Bonchev–Trinajstić information content (AvgIpc) is 3.33. The van der Waals surface area contributed by atoms with Crippen molar-refractivity contribution in [3.63, 3.8) is 0 Å². The maximum atomic E-state index is 13.6. The van der Waals surface area contributed by atoms with Gasteiger partial charge in [0, 0.05) is 23.2 Å². The zero-order chi connectivity index (χ0) is 22.5. The molecule has 5 rings (SSSR count). The normalized spacial score (nSPS) is 12.0. The summed E-state index contributed by atoms with van der Waals surface area (Å²) in [4.78, 5) is 7.91. The molecule has 162 valence electrons. The van der Waals surface area contributed by atoms with Gasteiger partial charge in [0.1, 0.15) is 11.6 Å². The first-order chi connectivity index (χ1) is 15.3. The number of benzene rings is 3. The zero-order valence-corrected chi connectivity index (χ0v) is 18.1. The number of nitrogens with zero attached hydrogens (tertiary/aromatic N) is 3. The van der Waals surface area contributed by atoms with Crippen LogP contribution in [0.2, 0.25) is 0 Å². The summed E-state index contributed by atoms with van der Waals surface area (Å²) in [6, 6.07) is 18.5. The molecule has 0 bridgehead atoms. The molecule has 0 aliphatic rings. The van der Waals surface area contributed by atoms with E-state index in [2.05, 4.69) is 15.3 Å². The van der Waals surface area contributed by atoms with Crippen molar-refractivity contribution in [3.05, 3.63) is 72.2 Å². The van der Waals surface area contributed by atoms with Crippen LogP contribution in [0.3, 0.4) is 0 Å². The second-order valence-electron chi connectivity index (χ2n) is 8.66. The highest BCUT2D eigenvalue weighted by Crippen LogP contribution is 2.32. The lowest BCUT2D eigenvalue weighted by molar-refractivity contribution is 0.0945. The summed E-state index contributed by atoms with van der Waals surface area (Å²) in [6.07, 6.45) is 0. The molecule has 0 saturated carbocycles. The number of imidazole rings is 1. The van der Waals surface area contributed by atoms with Crippen LogP contribution in [0.4, 0.5) is 10.1 Å². The first kappa shape index (κ1) is 20.2. The molecule has 2 aromatic heterocycles. The SMILES string of the molecule is Cc1nn(-c2cccc(NCC(C)(C)O)c2)c2cccc(-c3nc4ccc(F)cc4[nH]3)c12. The van der Waals surface area contributed by atoms with Gasteiger partial charge >= 0.3 is 0 Å². The van der Waals surface area contributed by atoms with E-state index in [9.17, 15) is 9.50 Å². The molecule has 6 nitrogen and oxygen atoms in total. The topological polar surface area (TPSA) is 78.8 Å². The molecular weight excluding hydrogens is 405 g/mol. The van der Waals surface area contributed by atoms with Gasteiger partial charge in [-0.15, -0.1) is 0 Å². The summed E-state index contributed by atoms with van der Waals surface area (Å²) < 4.78 is 15.5. The Morgan fingerprint density at radius 2 is 1.91 bits per heavy atom. The van der Waals surface area contributed by atoms with Gasteiger partial charge < -0.3 is 15.4 Å². The molecule has 0 amide bonds. The molecule has 0 aliphatic carbocycles. The molecule has 0 fully saturated rings. The van der Waals surface area contributed by atoms with Gasteiger partial charge in [-0.05, 0) is 63.2 Å². The van der Waals surface area contributed by atoms with E-state index in [0.29, 0.717) is 23.4 Å². The number of hydrogen-bond acceptors (Lipinski definition) is 4. The van der Waals surface area contributed by atoms with Crippen molar-refractivity contribution in [2.24, 2.45) is 0 Å². The Balaban J connectivity index is 1.60. The van der Waals surface area contributed by atoms with Crippen LogP contribution in [0, 0.1) is 12.7 Å². The van der Waals surface area contributed by atoms with Crippen LogP contribution in [0.5, 0.6) is 0 Å². The van der Waals surface area contributed by atoms with E-state index >= 15 is 0 Å². The van der Waals surface area contributed by atoms with E-state index in [-0.39, 0.29) is 5.82 Å². The van der Waals surface area contributed by atoms with Crippen LogP contribution >= 0.6 is 0 Å². The summed E-state index contributed by atoms with van der Waals surface area (Å²) in [5, 5.41) is 19.1. The van der Waals surface area contributed by atoms with E-state index in [1.54, 1.807) is 19.9 Å². The second kappa shape index (κ2) is 7.46. The number of nitrogens with one attached hydrogen (secondary N) is 2. The number of aryl methyl sites for hydroxylation is 1. The number of hydrogen-bond donors (Lipinski definition) is 3. The highest BCUT2D eigenvalue weighted by molar-refractivity contribution is 5.97. The lowest BCUT2D eigenvalue weighted by Crippen LogP contribution is -2.29. The number of halogens is 1. The predicted molar refractivity (Wildman–Crippen MR) is 126 cm³/mol. The summed E-state index contributed by atoms with van der Waals surface area (Å²) in [5.41, 5.74) is 5.12. The Kier molecular flexibility index (Phi) is 4.71. The monoisotopic (exact) mass is 429 g/mol. The second-order valence-corrected chi connectivity index (χ2v) is 8.66.